The van der Waals surface area contributed by atoms with Crippen molar-refractivity contribution in [2.24, 2.45) is 5.73 Å². The smallest absolute Gasteiger partial charge is 0.130 e. The maximum atomic E-state index is 13.1. The lowest BCUT2D eigenvalue weighted by atomic mass is 10.0. The average molecular weight is 273 g/mol. The van der Waals surface area contributed by atoms with E-state index in [0.717, 1.165) is 23.3 Å². The van der Waals surface area contributed by atoms with Crippen LogP contribution in [0.5, 0.6) is 11.5 Å². The van der Waals surface area contributed by atoms with Crippen LogP contribution >= 0.6 is 0 Å². The van der Waals surface area contributed by atoms with Gasteiger partial charge in [0.1, 0.15) is 17.3 Å². The van der Waals surface area contributed by atoms with Crippen molar-refractivity contribution in [2.45, 2.75) is 33.2 Å². The molecule has 2 nitrogen and oxygen atoms in total. The quantitative estimate of drug-likeness (QED) is 0.909. The molecule has 0 aliphatic carbocycles. The monoisotopic (exact) mass is 273 g/mol. The lowest BCUT2D eigenvalue weighted by Crippen LogP contribution is -2.18. The molecule has 0 radical (unpaired) electrons. The SMILES string of the molecule is Cc1cc(Oc2ccc(F)cc2C)ccc1CC(C)N. The van der Waals surface area contributed by atoms with Crippen molar-refractivity contribution in [1.29, 1.82) is 0 Å². The summed E-state index contributed by atoms with van der Waals surface area (Å²) in [7, 11) is 0. The molecule has 2 rings (SSSR count). The molecule has 0 aliphatic heterocycles. The van der Waals surface area contributed by atoms with Crippen LogP contribution in [-0.4, -0.2) is 6.04 Å². The minimum atomic E-state index is -0.252. The second-order valence-electron chi connectivity index (χ2n) is 5.28. The molecule has 0 saturated heterocycles. The van der Waals surface area contributed by atoms with Crippen molar-refractivity contribution in [3.63, 3.8) is 0 Å². The van der Waals surface area contributed by atoms with Crippen LogP contribution in [0, 0.1) is 19.7 Å². The number of rotatable bonds is 4. The molecule has 0 aromatic heterocycles. The summed E-state index contributed by atoms with van der Waals surface area (Å²) in [5, 5.41) is 0. The number of benzene rings is 2. The van der Waals surface area contributed by atoms with E-state index >= 15 is 0 Å². The maximum absolute atomic E-state index is 13.1. The van der Waals surface area contributed by atoms with Gasteiger partial charge in [-0.2, -0.15) is 0 Å². The van der Waals surface area contributed by atoms with Crippen LogP contribution in [0.15, 0.2) is 36.4 Å². The Labute approximate surface area is 119 Å². The summed E-state index contributed by atoms with van der Waals surface area (Å²) in [6, 6.07) is 10.6. The molecule has 106 valence electrons. The van der Waals surface area contributed by atoms with Gasteiger partial charge in [0.2, 0.25) is 0 Å². The summed E-state index contributed by atoms with van der Waals surface area (Å²) in [6.45, 7) is 5.86. The van der Waals surface area contributed by atoms with Crippen molar-refractivity contribution in [3.8, 4) is 11.5 Å². The van der Waals surface area contributed by atoms with Crippen LogP contribution in [0.3, 0.4) is 0 Å². The summed E-state index contributed by atoms with van der Waals surface area (Å²) >= 11 is 0. The first-order valence-electron chi connectivity index (χ1n) is 6.75. The van der Waals surface area contributed by atoms with E-state index in [1.807, 2.05) is 39.0 Å². The van der Waals surface area contributed by atoms with Gasteiger partial charge in [-0.3, -0.25) is 0 Å². The number of hydrogen-bond donors (Lipinski definition) is 1. The number of hydrogen-bond acceptors (Lipinski definition) is 2. The van der Waals surface area contributed by atoms with Gasteiger partial charge in [0.25, 0.3) is 0 Å². The molecule has 2 aromatic carbocycles. The maximum Gasteiger partial charge on any atom is 0.130 e. The van der Waals surface area contributed by atoms with Gasteiger partial charge >= 0.3 is 0 Å². The van der Waals surface area contributed by atoms with Crippen molar-refractivity contribution in [3.05, 3.63) is 58.9 Å². The third kappa shape index (κ3) is 3.58. The number of ether oxygens (including phenoxy) is 1. The molecule has 3 heteroatoms. The van der Waals surface area contributed by atoms with Gasteiger partial charge in [-0.1, -0.05) is 6.07 Å². The molecule has 0 aliphatic rings. The second-order valence-corrected chi connectivity index (χ2v) is 5.28. The zero-order valence-electron chi connectivity index (χ0n) is 12.1. The van der Waals surface area contributed by atoms with E-state index in [1.54, 1.807) is 6.07 Å². The van der Waals surface area contributed by atoms with Crippen LogP contribution in [0.25, 0.3) is 0 Å². The normalized spacial score (nSPS) is 12.2. The largest absolute Gasteiger partial charge is 0.457 e. The fourth-order valence-electron chi connectivity index (χ4n) is 2.16. The first kappa shape index (κ1) is 14.5. The lowest BCUT2D eigenvalue weighted by molar-refractivity contribution is 0.476. The lowest BCUT2D eigenvalue weighted by Gasteiger charge is -2.12. The summed E-state index contributed by atoms with van der Waals surface area (Å²) in [6.07, 6.45) is 0.849. The molecule has 2 aromatic rings. The number of halogens is 1. The molecule has 0 spiro atoms. The third-order valence-corrected chi connectivity index (χ3v) is 3.22. The molecular formula is C17H20FNO. The zero-order valence-corrected chi connectivity index (χ0v) is 12.1. The van der Waals surface area contributed by atoms with Gasteiger partial charge in [-0.15, -0.1) is 0 Å². The van der Waals surface area contributed by atoms with Crippen LogP contribution in [0.4, 0.5) is 4.39 Å². The Morgan fingerprint density at radius 3 is 2.45 bits per heavy atom. The molecule has 0 bridgehead atoms. The van der Waals surface area contributed by atoms with Gasteiger partial charge in [0.05, 0.1) is 0 Å². The van der Waals surface area contributed by atoms with E-state index in [0.29, 0.717) is 5.75 Å². The molecule has 0 saturated carbocycles. The van der Waals surface area contributed by atoms with Crippen LogP contribution in [0.1, 0.15) is 23.6 Å². The Bertz CT molecular complexity index is 608. The summed E-state index contributed by atoms with van der Waals surface area (Å²) < 4.78 is 18.9. The molecule has 1 atom stereocenters. The van der Waals surface area contributed by atoms with Crippen LogP contribution in [-0.2, 0) is 6.42 Å². The molecule has 20 heavy (non-hydrogen) atoms. The Kier molecular flexibility index (Phi) is 4.40. The highest BCUT2D eigenvalue weighted by atomic mass is 19.1. The van der Waals surface area contributed by atoms with Gasteiger partial charge in [0, 0.05) is 6.04 Å². The van der Waals surface area contributed by atoms with Crippen molar-refractivity contribution in [1.82, 2.24) is 0 Å². The fourth-order valence-corrected chi connectivity index (χ4v) is 2.16. The Morgan fingerprint density at radius 1 is 1.10 bits per heavy atom. The van der Waals surface area contributed by atoms with Gasteiger partial charge in [0.15, 0.2) is 0 Å². The highest BCUT2D eigenvalue weighted by molar-refractivity contribution is 5.40. The molecule has 1 unspecified atom stereocenters. The predicted molar refractivity (Wildman–Crippen MR) is 79.7 cm³/mol. The Balaban J connectivity index is 2.20. The van der Waals surface area contributed by atoms with Gasteiger partial charge in [-0.05, 0) is 74.2 Å². The third-order valence-electron chi connectivity index (χ3n) is 3.22. The predicted octanol–water partition coefficient (Wildman–Crippen LogP) is 4.12. The highest BCUT2D eigenvalue weighted by Crippen LogP contribution is 2.27. The first-order valence-corrected chi connectivity index (χ1v) is 6.75. The second kappa shape index (κ2) is 6.06. The van der Waals surface area contributed by atoms with Crippen molar-refractivity contribution >= 4 is 0 Å². The summed E-state index contributed by atoms with van der Waals surface area (Å²) in [4.78, 5) is 0. The van der Waals surface area contributed by atoms with Crippen LogP contribution in [0.2, 0.25) is 0 Å². The topological polar surface area (TPSA) is 35.2 Å². The van der Waals surface area contributed by atoms with Crippen molar-refractivity contribution in [2.75, 3.05) is 0 Å². The number of nitrogens with two attached hydrogens (primary N) is 1. The van der Waals surface area contributed by atoms with Crippen LogP contribution < -0.4 is 10.5 Å². The highest BCUT2D eigenvalue weighted by Gasteiger charge is 2.06. The molecular weight excluding hydrogens is 253 g/mol. The van der Waals surface area contributed by atoms with Gasteiger partial charge < -0.3 is 10.5 Å². The molecule has 0 fully saturated rings. The Hall–Kier alpha value is -1.87. The van der Waals surface area contributed by atoms with Crippen molar-refractivity contribution < 1.29 is 9.13 Å². The number of aryl methyl sites for hydroxylation is 2. The average Bonchev–Trinajstić information content (AvgIpc) is 2.36. The van der Waals surface area contributed by atoms with E-state index in [2.05, 4.69) is 0 Å². The summed E-state index contributed by atoms with van der Waals surface area (Å²) in [5.41, 5.74) is 8.98. The fraction of sp³-hybridized carbons (Fsp3) is 0.294. The molecule has 0 amide bonds. The standard InChI is InChI=1S/C17H20FNO/c1-11-9-16(6-4-14(11)10-13(3)19)20-17-7-5-15(18)8-12(17)2/h4-9,13H,10,19H2,1-3H3. The zero-order chi connectivity index (χ0) is 14.7. The van der Waals surface area contributed by atoms with E-state index < -0.39 is 0 Å². The van der Waals surface area contributed by atoms with E-state index in [4.69, 9.17) is 10.5 Å². The minimum absolute atomic E-state index is 0.139. The van der Waals surface area contributed by atoms with E-state index in [9.17, 15) is 4.39 Å². The first-order chi connectivity index (χ1) is 9.45. The Morgan fingerprint density at radius 2 is 1.85 bits per heavy atom. The van der Waals surface area contributed by atoms with E-state index in [-0.39, 0.29) is 11.9 Å². The molecule has 0 heterocycles. The molecule has 2 N–H and O–H groups in total. The minimum Gasteiger partial charge on any atom is -0.457 e. The summed E-state index contributed by atoms with van der Waals surface area (Å²) in [5.74, 6) is 1.18. The van der Waals surface area contributed by atoms with Gasteiger partial charge in [-0.25, -0.2) is 4.39 Å². The van der Waals surface area contributed by atoms with E-state index in [1.165, 1.54) is 17.7 Å².